The van der Waals surface area contributed by atoms with Gasteiger partial charge in [-0.15, -0.1) is 0 Å². The molecule has 0 spiro atoms. The van der Waals surface area contributed by atoms with E-state index in [0.717, 1.165) is 90.1 Å². The van der Waals surface area contributed by atoms with Crippen molar-refractivity contribution < 1.29 is 28.6 Å². The number of hydrogen-bond donors (Lipinski definition) is 1. The van der Waals surface area contributed by atoms with Gasteiger partial charge in [0.15, 0.2) is 6.10 Å². The third-order valence-electron chi connectivity index (χ3n) is 9.49. The molecule has 0 bridgehead atoms. The predicted molar refractivity (Wildman–Crippen MR) is 215 cm³/mol. The minimum Gasteiger partial charge on any atom is -0.462 e. The molecular weight excluding hydrogens is 652 g/mol. The molecule has 0 aromatic rings. The smallest absolute Gasteiger partial charge is 0.407 e. The van der Waals surface area contributed by atoms with Gasteiger partial charge in [0.2, 0.25) is 0 Å². The zero-order chi connectivity index (χ0) is 37.7. The summed E-state index contributed by atoms with van der Waals surface area (Å²) in [5, 5.41) is 2.81. The van der Waals surface area contributed by atoms with Crippen LogP contribution in [0.15, 0.2) is 36.5 Å². The van der Waals surface area contributed by atoms with Crippen LogP contribution in [-0.4, -0.2) is 68.4 Å². The molecule has 0 aromatic heterocycles. The van der Waals surface area contributed by atoms with Gasteiger partial charge < -0.3 is 24.4 Å². The maximum absolute atomic E-state index is 12.6. The molecule has 300 valence electrons. The summed E-state index contributed by atoms with van der Waals surface area (Å²) >= 11 is 0. The van der Waals surface area contributed by atoms with Crippen LogP contribution in [0, 0.1) is 0 Å². The summed E-state index contributed by atoms with van der Waals surface area (Å²) in [6.07, 6.45) is 40.8. The first-order chi connectivity index (χ1) is 25.4. The van der Waals surface area contributed by atoms with Gasteiger partial charge in [0.1, 0.15) is 13.2 Å². The number of carbonyl (C=O) groups is 3. The minimum atomic E-state index is -0.820. The van der Waals surface area contributed by atoms with Crippen LogP contribution in [0.3, 0.4) is 0 Å². The van der Waals surface area contributed by atoms with Gasteiger partial charge in [-0.25, -0.2) is 4.79 Å². The van der Waals surface area contributed by atoms with Crippen molar-refractivity contribution in [1.29, 1.82) is 0 Å². The number of nitrogens with zero attached hydrogens (tertiary/aromatic N) is 1. The number of ether oxygens (including phenoxy) is 3. The Kier molecular flexibility index (Phi) is 32.3. The molecule has 8 nitrogen and oxygen atoms in total. The molecule has 0 radical (unpaired) electrons. The van der Waals surface area contributed by atoms with Crippen molar-refractivity contribution in [2.75, 3.05) is 33.4 Å². The van der Waals surface area contributed by atoms with E-state index < -0.39 is 12.2 Å². The minimum absolute atomic E-state index is 0.0567. The van der Waals surface area contributed by atoms with Gasteiger partial charge in [-0.05, 0) is 77.7 Å². The van der Waals surface area contributed by atoms with Gasteiger partial charge in [0, 0.05) is 25.9 Å². The highest BCUT2D eigenvalue weighted by Crippen LogP contribution is 2.13. The predicted octanol–water partition coefficient (Wildman–Crippen LogP) is 11.3. The fourth-order valence-electron chi connectivity index (χ4n) is 6.21. The van der Waals surface area contributed by atoms with E-state index in [9.17, 15) is 14.4 Å². The molecule has 1 unspecified atom stereocenters. The maximum Gasteiger partial charge on any atom is 0.407 e. The second kappa shape index (κ2) is 35.4. The third-order valence-corrected chi connectivity index (χ3v) is 9.49. The van der Waals surface area contributed by atoms with Gasteiger partial charge >= 0.3 is 18.0 Å². The lowest BCUT2D eigenvalue weighted by Gasteiger charge is -2.36. The average molecular weight is 731 g/mol. The molecule has 1 aliphatic rings. The van der Waals surface area contributed by atoms with Crippen LogP contribution in [0.4, 0.5) is 4.79 Å². The molecular formula is C44H78N2O6. The van der Waals surface area contributed by atoms with Crippen LogP contribution >= 0.6 is 0 Å². The summed E-state index contributed by atoms with van der Waals surface area (Å²) in [7, 11) is 1.98. The van der Waals surface area contributed by atoms with Gasteiger partial charge in [-0.2, -0.15) is 0 Å². The lowest BCUT2D eigenvalue weighted by Crippen LogP contribution is -2.57. The van der Waals surface area contributed by atoms with E-state index in [2.05, 4.69) is 60.5 Å². The van der Waals surface area contributed by atoms with Gasteiger partial charge in [-0.1, -0.05) is 134 Å². The SMILES string of the molecule is CCCCC/C=C\C/C=C\CCCCCCCC(=O)OCC(COC(=O)NC1CN(C)C1)OC(=O)CCCCCCC/C=C\CCCCCCCC. The Morgan fingerprint density at radius 3 is 1.54 bits per heavy atom. The molecule has 0 aliphatic carbocycles. The first-order valence-electron chi connectivity index (χ1n) is 21.4. The highest BCUT2D eigenvalue weighted by Gasteiger charge is 2.26. The summed E-state index contributed by atoms with van der Waals surface area (Å²) in [5.74, 6) is -0.664. The molecule has 1 N–H and O–H groups in total. The van der Waals surface area contributed by atoms with E-state index in [1.54, 1.807) is 0 Å². The van der Waals surface area contributed by atoms with Gasteiger partial charge in [0.05, 0.1) is 6.04 Å². The molecule has 1 heterocycles. The monoisotopic (exact) mass is 731 g/mol. The highest BCUT2D eigenvalue weighted by atomic mass is 16.6. The normalized spacial score (nSPS) is 14.3. The van der Waals surface area contributed by atoms with Crippen molar-refractivity contribution in [2.24, 2.45) is 0 Å². The number of allylic oxidation sites excluding steroid dienone is 6. The number of carbonyl (C=O) groups excluding carboxylic acids is 3. The lowest BCUT2D eigenvalue weighted by molar-refractivity contribution is -0.161. The van der Waals surface area contributed by atoms with Crippen LogP contribution in [0.1, 0.15) is 181 Å². The van der Waals surface area contributed by atoms with E-state index in [1.807, 2.05) is 7.05 Å². The van der Waals surface area contributed by atoms with E-state index in [4.69, 9.17) is 14.2 Å². The second-order valence-electron chi connectivity index (χ2n) is 14.8. The molecule has 1 atom stereocenters. The Bertz CT molecular complexity index is 958. The summed E-state index contributed by atoms with van der Waals surface area (Å²) in [6.45, 7) is 5.77. The lowest BCUT2D eigenvalue weighted by atomic mass is 10.1. The molecule has 1 rings (SSSR count). The number of rotatable bonds is 35. The zero-order valence-corrected chi connectivity index (χ0v) is 33.7. The van der Waals surface area contributed by atoms with Crippen molar-refractivity contribution >= 4 is 18.0 Å². The molecule has 1 fully saturated rings. The molecule has 0 aromatic carbocycles. The topological polar surface area (TPSA) is 94.2 Å². The Hall–Kier alpha value is -2.61. The summed E-state index contributed by atoms with van der Waals surface area (Å²) in [4.78, 5) is 39.4. The average Bonchev–Trinajstić information content (AvgIpc) is 3.12. The fourth-order valence-corrected chi connectivity index (χ4v) is 6.21. The number of esters is 2. The number of likely N-dealkylation sites (tertiary alicyclic amines) is 1. The van der Waals surface area contributed by atoms with Crippen LogP contribution in [-0.2, 0) is 23.8 Å². The standard InChI is InChI=1S/C44H78N2O6/c1-4-6-8-10-12-14-16-18-20-22-24-26-28-30-32-34-42(47)50-38-41(39-51-44(49)45-40-36-46(3)37-40)52-43(48)35-33-31-29-27-25-23-21-19-17-15-13-11-9-7-5-2/h12,14,18-21,40-41H,4-11,13,15-17,22-39H2,1-3H3,(H,45,49)/b14-12-,20-18-,21-19-. The second-order valence-corrected chi connectivity index (χ2v) is 14.8. The van der Waals surface area contributed by atoms with Crippen LogP contribution < -0.4 is 5.32 Å². The van der Waals surface area contributed by atoms with Gasteiger partial charge in [-0.3, -0.25) is 9.59 Å². The molecule has 52 heavy (non-hydrogen) atoms. The van der Waals surface area contributed by atoms with Crippen molar-refractivity contribution in [3.63, 3.8) is 0 Å². The summed E-state index contributed by atoms with van der Waals surface area (Å²) in [6, 6.07) is 0.0567. The van der Waals surface area contributed by atoms with Crippen molar-refractivity contribution in [3.05, 3.63) is 36.5 Å². The van der Waals surface area contributed by atoms with Crippen LogP contribution in [0.2, 0.25) is 0 Å². The quantitative estimate of drug-likeness (QED) is 0.0300. The molecule has 1 amide bonds. The van der Waals surface area contributed by atoms with E-state index in [1.165, 1.54) is 77.0 Å². The number of likely N-dealkylation sites (N-methyl/N-ethyl adjacent to an activating group) is 1. The Morgan fingerprint density at radius 1 is 0.577 bits per heavy atom. The maximum atomic E-state index is 12.6. The molecule has 1 aliphatic heterocycles. The largest absolute Gasteiger partial charge is 0.462 e. The van der Waals surface area contributed by atoms with Crippen molar-refractivity contribution in [3.8, 4) is 0 Å². The number of unbranched alkanes of at least 4 members (excludes halogenated alkanes) is 19. The Morgan fingerprint density at radius 2 is 1.00 bits per heavy atom. The van der Waals surface area contributed by atoms with E-state index >= 15 is 0 Å². The molecule has 8 heteroatoms. The molecule has 1 saturated heterocycles. The number of amides is 1. The summed E-state index contributed by atoms with van der Waals surface area (Å²) in [5.41, 5.74) is 0. The van der Waals surface area contributed by atoms with Crippen LogP contribution in [0.25, 0.3) is 0 Å². The van der Waals surface area contributed by atoms with Crippen LogP contribution in [0.5, 0.6) is 0 Å². The first-order valence-corrected chi connectivity index (χ1v) is 21.4. The first kappa shape index (κ1) is 47.4. The Balaban J connectivity index is 2.21. The number of alkyl carbamates (subject to hydrolysis) is 1. The third kappa shape index (κ3) is 31.0. The fraction of sp³-hybridized carbons (Fsp3) is 0.795. The van der Waals surface area contributed by atoms with Crippen molar-refractivity contribution in [2.45, 2.75) is 193 Å². The highest BCUT2D eigenvalue weighted by molar-refractivity contribution is 5.70. The summed E-state index contributed by atoms with van der Waals surface area (Å²) < 4.78 is 16.4. The number of hydrogen-bond acceptors (Lipinski definition) is 7. The Labute approximate surface area is 318 Å². The van der Waals surface area contributed by atoms with Gasteiger partial charge in [0.25, 0.3) is 0 Å². The molecule has 0 saturated carbocycles. The van der Waals surface area contributed by atoms with E-state index in [-0.39, 0.29) is 31.2 Å². The van der Waals surface area contributed by atoms with E-state index in [0.29, 0.717) is 12.8 Å². The van der Waals surface area contributed by atoms with Crippen molar-refractivity contribution in [1.82, 2.24) is 10.2 Å². The zero-order valence-electron chi connectivity index (χ0n) is 33.7. The number of nitrogens with one attached hydrogen (secondary N) is 1.